The lowest BCUT2D eigenvalue weighted by molar-refractivity contribution is 0.628. The Morgan fingerprint density at radius 1 is 1.06 bits per heavy atom. The van der Waals surface area contributed by atoms with Crippen molar-refractivity contribution in [2.24, 2.45) is 0 Å². The van der Waals surface area contributed by atoms with E-state index in [4.69, 9.17) is 11.6 Å². The second-order valence-electron chi connectivity index (χ2n) is 3.84. The van der Waals surface area contributed by atoms with Gasteiger partial charge in [0.2, 0.25) is 0 Å². The number of hydrogen-bond acceptors (Lipinski definition) is 1. The molecule has 0 aromatic heterocycles. The van der Waals surface area contributed by atoms with Gasteiger partial charge in [-0.3, -0.25) is 0 Å². The molecule has 0 atom stereocenters. The SMILES string of the molecule is CN(c1ccc(CCl)cc1)c1cccc(F)c1. The first-order chi connectivity index (χ1) is 8.20. The zero-order valence-electron chi connectivity index (χ0n) is 9.53. The van der Waals surface area contributed by atoms with Gasteiger partial charge in [-0.15, -0.1) is 11.6 Å². The lowest BCUT2D eigenvalue weighted by atomic mass is 10.2. The van der Waals surface area contributed by atoms with E-state index < -0.39 is 0 Å². The van der Waals surface area contributed by atoms with Crippen LogP contribution in [0, 0.1) is 5.82 Å². The highest BCUT2D eigenvalue weighted by Crippen LogP contribution is 2.24. The molecule has 0 N–H and O–H groups in total. The van der Waals surface area contributed by atoms with Crippen LogP contribution in [0.4, 0.5) is 15.8 Å². The molecule has 1 nitrogen and oxygen atoms in total. The fraction of sp³-hybridized carbons (Fsp3) is 0.143. The van der Waals surface area contributed by atoms with Crippen molar-refractivity contribution in [2.75, 3.05) is 11.9 Å². The minimum atomic E-state index is -0.230. The zero-order valence-corrected chi connectivity index (χ0v) is 10.3. The quantitative estimate of drug-likeness (QED) is 0.732. The van der Waals surface area contributed by atoms with E-state index in [2.05, 4.69) is 0 Å². The molecule has 0 spiro atoms. The van der Waals surface area contributed by atoms with Crippen LogP contribution in [0.3, 0.4) is 0 Å². The van der Waals surface area contributed by atoms with Gasteiger partial charge in [-0.1, -0.05) is 18.2 Å². The molecular weight excluding hydrogens is 237 g/mol. The smallest absolute Gasteiger partial charge is 0.125 e. The summed E-state index contributed by atoms with van der Waals surface area (Å²) in [5, 5.41) is 0. The number of nitrogens with zero attached hydrogens (tertiary/aromatic N) is 1. The summed E-state index contributed by atoms with van der Waals surface area (Å²) < 4.78 is 13.1. The fourth-order valence-electron chi connectivity index (χ4n) is 1.64. The van der Waals surface area contributed by atoms with Crippen LogP contribution in [0.1, 0.15) is 5.56 Å². The largest absolute Gasteiger partial charge is 0.345 e. The van der Waals surface area contributed by atoms with Gasteiger partial charge >= 0.3 is 0 Å². The van der Waals surface area contributed by atoms with Crippen molar-refractivity contribution in [2.45, 2.75) is 5.88 Å². The molecule has 0 saturated carbocycles. The second-order valence-corrected chi connectivity index (χ2v) is 4.11. The predicted molar refractivity (Wildman–Crippen MR) is 70.5 cm³/mol. The normalized spacial score (nSPS) is 10.3. The third-order valence-electron chi connectivity index (χ3n) is 2.67. The predicted octanol–water partition coefficient (Wildman–Crippen LogP) is 4.33. The maximum Gasteiger partial charge on any atom is 0.125 e. The van der Waals surface area contributed by atoms with Crippen LogP contribution in [0.5, 0.6) is 0 Å². The Hall–Kier alpha value is -1.54. The molecule has 2 rings (SSSR count). The highest BCUT2D eigenvalue weighted by molar-refractivity contribution is 6.17. The third-order valence-corrected chi connectivity index (χ3v) is 2.98. The van der Waals surface area contributed by atoms with E-state index >= 15 is 0 Å². The first-order valence-electron chi connectivity index (χ1n) is 5.35. The summed E-state index contributed by atoms with van der Waals surface area (Å²) in [6, 6.07) is 14.4. The molecule has 2 aromatic rings. The van der Waals surface area contributed by atoms with E-state index in [0.29, 0.717) is 5.88 Å². The van der Waals surface area contributed by atoms with Crippen molar-refractivity contribution in [3.63, 3.8) is 0 Å². The van der Waals surface area contributed by atoms with Gasteiger partial charge in [-0.2, -0.15) is 0 Å². The minimum Gasteiger partial charge on any atom is -0.345 e. The molecule has 0 aliphatic carbocycles. The fourth-order valence-corrected chi connectivity index (χ4v) is 1.82. The summed E-state index contributed by atoms with van der Waals surface area (Å²) in [5.74, 6) is 0.274. The summed E-state index contributed by atoms with van der Waals surface area (Å²) in [5.41, 5.74) is 2.90. The topological polar surface area (TPSA) is 3.24 Å². The van der Waals surface area contributed by atoms with Gasteiger partial charge < -0.3 is 4.90 Å². The van der Waals surface area contributed by atoms with Gasteiger partial charge in [0, 0.05) is 24.3 Å². The Kier molecular flexibility index (Phi) is 3.64. The average molecular weight is 250 g/mol. The van der Waals surface area contributed by atoms with Crippen molar-refractivity contribution in [3.05, 3.63) is 59.9 Å². The molecule has 88 valence electrons. The van der Waals surface area contributed by atoms with Gasteiger partial charge in [0.25, 0.3) is 0 Å². The number of rotatable bonds is 3. The van der Waals surface area contributed by atoms with E-state index in [-0.39, 0.29) is 5.82 Å². The first kappa shape index (κ1) is 11.9. The summed E-state index contributed by atoms with van der Waals surface area (Å²) in [6.45, 7) is 0. The molecule has 0 amide bonds. The molecule has 0 radical (unpaired) electrons. The molecule has 0 aliphatic rings. The monoisotopic (exact) mass is 249 g/mol. The number of halogens is 2. The van der Waals surface area contributed by atoms with Crippen LogP contribution < -0.4 is 4.90 Å². The molecule has 0 bridgehead atoms. The molecule has 0 heterocycles. The maximum atomic E-state index is 13.1. The minimum absolute atomic E-state index is 0.230. The number of alkyl halides is 1. The van der Waals surface area contributed by atoms with Crippen LogP contribution in [0.25, 0.3) is 0 Å². The van der Waals surface area contributed by atoms with Crippen LogP contribution in [-0.2, 0) is 5.88 Å². The van der Waals surface area contributed by atoms with Crippen LogP contribution in [0.2, 0.25) is 0 Å². The lowest BCUT2D eigenvalue weighted by Crippen LogP contribution is -2.09. The van der Waals surface area contributed by atoms with E-state index in [1.807, 2.05) is 42.3 Å². The molecule has 0 fully saturated rings. The van der Waals surface area contributed by atoms with E-state index in [1.165, 1.54) is 12.1 Å². The number of hydrogen-bond donors (Lipinski definition) is 0. The molecule has 2 aromatic carbocycles. The Morgan fingerprint density at radius 2 is 1.76 bits per heavy atom. The molecule has 3 heteroatoms. The van der Waals surface area contributed by atoms with Crippen LogP contribution in [-0.4, -0.2) is 7.05 Å². The Labute approximate surface area is 105 Å². The van der Waals surface area contributed by atoms with E-state index in [0.717, 1.165) is 16.9 Å². The highest BCUT2D eigenvalue weighted by atomic mass is 35.5. The molecule has 0 saturated heterocycles. The van der Waals surface area contributed by atoms with Gasteiger partial charge in [-0.05, 0) is 35.9 Å². The lowest BCUT2D eigenvalue weighted by Gasteiger charge is -2.19. The first-order valence-corrected chi connectivity index (χ1v) is 5.88. The Balaban J connectivity index is 2.27. The van der Waals surface area contributed by atoms with Crippen LogP contribution >= 0.6 is 11.6 Å². The van der Waals surface area contributed by atoms with E-state index in [1.54, 1.807) is 6.07 Å². The summed E-state index contributed by atoms with van der Waals surface area (Å²) in [7, 11) is 1.91. The van der Waals surface area contributed by atoms with Crippen molar-refractivity contribution in [1.29, 1.82) is 0 Å². The van der Waals surface area contributed by atoms with Crippen molar-refractivity contribution in [3.8, 4) is 0 Å². The average Bonchev–Trinajstić information content (AvgIpc) is 2.38. The van der Waals surface area contributed by atoms with E-state index in [9.17, 15) is 4.39 Å². The Bertz CT molecular complexity index is 496. The van der Waals surface area contributed by atoms with Gasteiger partial charge in [0.1, 0.15) is 5.82 Å². The molecular formula is C14H13ClFN. The second kappa shape index (κ2) is 5.19. The van der Waals surface area contributed by atoms with Crippen molar-refractivity contribution >= 4 is 23.0 Å². The van der Waals surface area contributed by atoms with Crippen molar-refractivity contribution in [1.82, 2.24) is 0 Å². The molecule has 17 heavy (non-hydrogen) atoms. The Morgan fingerprint density at radius 3 is 2.35 bits per heavy atom. The summed E-state index contributed by atoms with van der Waals surface area (Å²) in [6.07, 6.45) is 0. The summed E-state index contributed by atoms with van der Waals surface area (Å²) >= 11 is 5.73. The number of benzene rings is 2. The molecule has 0 aliphatic heterocycles. The number of anilines is 2. The summed E-state index contributed by atoms with van der Waals surface area (Å²) in [4.78, 5) is 1.93. The van der Waals surface area contributed by atoms with Gasteiger partial charge in [0.15, 0.2) is 0 Å². The van der Waals surface area contributed by atoms with Crippen molar-refractivity contribution < 1.29 is 4.39 Å². The maximum absolute atomic E-state index is 13.1. The van der Waals surface area contributed by atoms with Crippen LogP contribution in [0.15, 0.2) is 48.5 Å². The highest BCUT2D eigenvalue weighted by Gasteiger charge is 2.04. The standard InChI is InChI=1S/C14H13ClFN/c1-17(14-4-2-3-12(16)9-14)13-7-5-11(10-15)6-8-13/h2-9H,10H2,1H3. The van der Waals surface area contributed by atoms with Gasteiger partial charge in [0.05, 0.1) is 0 Å². The van der Waals surface area contributed by atoms with Gasteiger partial charge in [-0.25, -0.2) is 4.39 Å². The third kappa shape index (κ3) is 2.77. The zero-order chi connectivity index (χ0) is 12.3. The molecule has 0 unspecified atom stereocenters.